The van der Waals surface area contributed by atoms with Crippen molar-refractivity contribution >= 4 is 10.8 Å². The van der Waals surface area contributed by atoms with E-state index in [0.717, 1.165) is 17.0 Å². The van der Waals surface area contributed by atoms with Gasteiger partial charge >= 0.3 is 0 Å². The van der Waals surface area contributed by atoms with E-state index in [9.17, 15) is 9.50 Å². The Morgan fingerprint density at radius 1 is 1.10 bits per heavy atom. The zero-order valence-electron chi connectivity index (χ0n) is 10.9. The van der Waals surface area contributed by atoms with Crippen LogP contribution < -0.4 is 0 Å². The summed E-state index contributed by atoms with van der Waals surface area (Å²) in [5.41, 5.74) is -0.248. The van der Waals surface area contributed by atoms with Crippen LogP contribution in [-0.2, 0) is 5.60 Å². The Morgan fingerprint density at radius 3 is 2.75 bits per heavy atom. The second-order valence-electron chi connectivity index (χ2n) is 4.87. The smallest absolute Gasteiger partial charge is 0.141 e. The van der Waals surface area contributed by atoms with Gasteiger partial charge in [-0.3, -0.25) is 9.97 Å². The lowest BCUT2D eigenvalue weighted by molar-refractivity contribution is 0.103. The number of pyridine rings is 2. The Bertz CT molecular complexity index is 766. The summed E-state index contributed by atoms with van der Waals surface area (Å²) in [5, 5.41) is 12.7. The molecular weight excluding hydrogens is 255 g/mol. The highest BCUT2D eigenvalue weighted by Crippen LogP contribution is 2.33. The van der Waals surface area contributed by atoms with Crippen LogP contribution in [0.3, 0.4) is 0 Å². The number of aliphatic hydroxyl groups is 1. The number of nitrogens with zero attached hydrogens (tertiary/aromatic N) is 2. The summed E-state index contributed by atoms with van der Waals surface area (Å²) in [6.07, 6.45) is 5.99. The van der Waals surface area contributed by atoms with E-state index in [-0.39, 0.29) is 0 Å². The van der Waals surface area contributed by atoms with Gasteiger partial charge in [-0.25, -0.2) is 4.39 Å². The maximum Gasteiger partial charge on any atom is 0.141 e. The van der Waals surface area contributed by atoms with Gasteiger partial charge in [0.05, 0.1) is 6.20 Å². The zero-order chi connectivity index (χ0) is 14.2. The molecule has 0 aliphatic heterocycles. The van der Waals surface area contributed by atoms with Gasteiger partial charge in [0.25, 0.3) is 0 Å². The number of halogens is 1. The Hall–Kier alpha value is -2.33. The second kappa shape index (κ2) is 4.65. The first-order chi connectivity index (χ1) is 9.59. The minimum absolute atomic E-state index is 0.411. The highest BCUT2D eigenvalue weighted by molar-refractivity contribution is 5.86. The molecule has 2 aromatic heterocycles. The molecule has 0 bridgehead atoms. The number of rotatable bonds is 2. The van der Waals surface area contributed by atoms with Crippen molar-refractivity contribution in [3.05, 3.63) is 72.1 Å². The van der Waals surface area contributed by atoms with Gasteiger partial charge in [-0.05, 0) is 30.0 Å². The van der Waals surface area contributed by atoms with Crippen LogP contribution in [0.2, 0.25) is 0 Å². The molecule has 3 nitrogen and oxygen atoms in total. The van der Waals surface area contributed by atoms with Crippen molar-refractivity contribution in [2.24, 2.45) is 0 Å². The predicted octanol–water partition coefficient (Wildman–Crippen LogP) is 3.02. The van der Waals surface area contributed by atoms with Crippen LogP contribution in [0.15, 0.2) is 55.1 Å². The van der Waals surface area contributed by atoms with E-state index in [2.05, 4.69) is 9.97 Å². The molecule has 1 atom stereocenters. The van der Waals surface area contributed by atoms with Crippen molar-refractivity contribution in [1.29, 1.82) is 0 Å². The predicted molar refractivity (Wildman–Crippen MR) is 74.6 cm³/mol. The summed E-state index contributed by atoms with van der Waals surface area (Å²) in [6, 6.07) is 8.79. The fourth-order valence-electron chi connectivity index (χ4n) is 2.37. The summed E-state index contributed by atoms with van der Waals surface area (Å²) in [5.74, 6) is -0.471. The normalized spacial score (nSPS) is 14.2. The molecule has 0 saturated carbocycles. The Kier molecular flexibility index (Phi) is 2.95. The second-order valence-corrected chi connectivity index (χ2v) is 4.87. The molecule has 1 unspecified atom stereocenters. The minimum atomic E-state index is -1.34. The third-order valence-corrected chi connectivity index (χ3v) is 3.48. The lowest BCUT2D eigenvalue weighted by Crippen LogP contribution is -2.23. The lowest BCUT2D eigenvalue weighted by atomic mass is 9.86. The van der Waals surface area contributed by atoms with E-state index in [1.165, 1.54) is 12.3 Å². The number of hydrogen-bond donors (Lipinski definition) is 1. The molecule has 1 N–H and O–H groups in total. The summed E-state index contributed by atoms with van der Waals surface area (Å²) < 4.78 is 13.3. The average Bonchev–Trinajstić information content (AvgIpc) is 2.46. The van der Waals surface area contributed by atoms with E-state index >= 15 is 0 Å². The SMILES string of the molecule is CC(O)(c1cncc(F)c1)c1cccc2ccncc12. The minimum Gasteiger partial charge on any atom is -0.381 e. The summed E-state index contributed by atoms with van der Waals surface area (Å²) >= 11 is 0. The first kappa shape index (κ1) is 12.7. The molecule has 2 heterocycles. The van der Waals surface area contributed by atoms with E-state index in [4.69, 9.17) is 0 Å². The molecule has 3 rings (SSSR count). The molecule has 1 aromatic carbocycles. The number of aromatic nitrogens is 2. The van der Waals surface area contributed by atoms with Gasteiger partial charge < -0.3 is 5.11 Å². The van der Waals surface area contributed by atoms with Crippen LogP contribution in [0.5, 0.6) is 0 Å². The van der Waals surface area contributed by atoms with Crippen molar-refractivity contribution in [2.75, 3.05) is 0 Å². The van der Waals surface area contributed by atoms with Crippen molar-refractivity contribution in [2.45, 2.75) is 12.5 Å². The first-order valence-electron chi connectivity index (χ1n) is 6.25. The van der Waals surface area contributed by atoms with Gasteiger partial charge in [-0.2, -0.15) is 0 Å². The number of hydrogen-bond acceptors (Lipinski definition) is 3. The maximum atomic E-state index is 13.3. The van der Waals surface area contributed by atoms with Gasteiger partial charge in [-0.15, -0.1) is 0 Å². The molecule has 0 radical (unpaired) electrons. The third kappa shape index (κ3) is 2.04. The fourth-order valence-corrected chi connectivity index (χ4v) is 2.37. The molecule has 100 valence electrons. The van der Waals surface area contributed by atoms with Crippen LogP contribution in [0.25, 0.3) is 10.8 Å². The van der Waals surface area contributed by atoms with Crippen LogP contribution in [0, 0.1) is 5.82 Å². The van der Waals surface area contributed by atoms with Gasteiger partial charge in [0.2, 0.25) is 0 Å². The number of benzene rings is 1. The van der Waals surface area contributed by atoms with E-state index in [1.807, 2.05) is 24.3 Å². The molecule has 0 aliphatic carbocycles. The monoisotopic (exact) mass is 268 g/mol. The highest BCUT2D eigenvalue weighted by atomic mass is 19.1. The molecular formula is C16H13FN2O. The Balaban J connectivity index is 2.23. The standard InChI is InChI=1S/C16H13FN2O/c1-16(20,12-7-13(17)9-19-8-12)15-4-2-3-11-5-6-18-10-14(11)15/h2-10,20H,1H3. The zero-order valence-corrected chi connectivity index (χ0v) is 10.9. The first-order valence-corrected chi connectivity index (χ1v) is 6.25. The number of fused-ring (bicyclic) bond motifs is 1. The van der Waals surface area contributed by atoms with Crippen molar-refractivity contribution in [1.82, 2.24) is 9.97 Å². The quantitative estimate of drug-likeness (QED) is 0.777. The molecule has 0 fully saturated rings. The van der Waals surface area contributed by atoms with E-state index in [1.54, 1.807) is 19.3 Å². The summed E-state index contributed by atoms with van der Waals surface area (Å²) in [4.78, 5) is 7.90. The molecule has 3 aromatic rings. The van der Waals surface area contributed by atoms with Gasteiger partial charge in [0.1, 0.15) is 11.4 Å². The maximum absolute atomic E-state index is 13.3. The van der Waals surface area contributed by atoms with Crippen LogP contribution in [0.4, 0.5) is 4.39 Å². The van der Waals surface area contributed by atoms with Crippen LogP contribution >= 0.6 is 0 Å². The molecule has 0 spiro atoms. The van der Waals surface area contributed by atoms with Gasteiger partial charge in [0.15, 0.2) is 0 Å². The third-order valence-electron chi connectivity index (χ3n) is 3.48. The van der Waals surface area contributed by atoms with Gasteiger partial charge in [-0.1, -0.05) is 18.2 Å². The lowest BCUT2D eigenvalue weighted by Gasteiger charge is -2.25. The van der Waals surface area contributed by atoms with Crippen molar-refractivity contribution in [3.8, 4) is 0 Å². The van der Waals surface area contributed by atoms with E-state index in [0.29, 0.717) is 11.1 Å². The summed E-state index contributed by atoms with van der Waals surface area (Å²) in [7, 11) is 0. The molecule has 0 amide bonds. The molecule has 0 saturated heterocycles. The summed E-state index contributed by atoms with van der Waals surface area (Å²) in [6.45, 7) is 1.63. The topological polar surface area (TPSA) is 46.0 Å². The Morgan fingerprint density at radius 2 is 1.95 bits per heavy atom. The van der Waals surface area contributed by atoms with Crippen LogP contribution in [-0.4, -0.2) is 15.1 Å². The average molecular weight is 268 g/mol. The Labute approximate surface area is 115 Å². The molecule has 20 heavy (non-hydrogen) atoms. The van der Waals surface area contributed by atoms with Crippen molar-refractivity contribution in [3.63, 3.8) is 0 Å². The highest BCUT2D eigenvalue weighted by Gasteiger charge is 2.28. The van der Waals surface area contributed by atoms with E-state index < -0.39 is 11.4 Å². The largest absolute Gasteiger partial charge is 0.381 e. The van der Waals surface area contributed by atoms with Crippen molar-refractivity contribution < 1.29 is 9.50 Å². The molecule has 0 aliphatic rings. The molecule has 4 heteroatoms. The van der Waals surface area contributed by atoms with Crippen LogP contribution in [0.1, 0.15) is 18.1 Å². The fraction of sp³-hybridized carbons (Fsp3) is 0.125. The van der Waals surface area contributed by atoms with Gasteiger partial charge in [0, 0.05) is 29.5 Å².